The molecule has 25 heavy (non-hydrogen) atoms. The minimum absolute atomic E-state index is 0.106. The third-order valence-corrected chi connectivity index (χ3v) is 4.51. The number of Topliss-reactive ketones (excluding diaryl/α,β-unsaturated/α-hetero) is 2. The molecule has 0 fully saturated rings. The number of carbonyl (C=O) groups is 3. The van der Waals surface area contributed by atoms with E-state index < -0.39 is 12.1 Å². The number of aromatic nitrogens is 1. The first-order valence-corrected chi connectivity index (χ1v) is 8.16. The quantitative estimate of drug-likeness (QED) is 0.661. The maximum Gasteiger partial charge on any atom is 0.339 e. The fourth-order valence-corrected chi connectivity index (χ4v) is 2.98. The Morgan fingerprint density at radius 2 is 1.68 bits per heavy atom. The third-order valence-electron chi connectivity index (χ3n) is 4.51. The van der Waals surface area contributed by atoms with Crippen LogP contribution < -0.4 is 0 Å². The number of benzene rings is 1. The number of esters is 1. The zero-order valence-electron chi connectivity index (χ0n) is 15.4. The van der Waals surface area contributed by atoms with Gasteiger partial charge in [-0.3, -0.25) is 9.59 Å². The number of hydrogen-bond acceptors (Lipinski definition) is 4. The van der Waals surface area contributed by atoms with Gasteiger partial charge in [0.1, 0.15) is 0 Å². The van der Waals surface area contributed by atoms with Gasteiger partial charge in [-0.15, -0.1) is 0 Å². The van der Waals surface area contributed by atoms with Crippen LogP contribution in [0.2, 0.25) is 0 Å². The second-order valence-electron chi connectivity index (χ2n) is 6.34. The molecule has 2 rings (SSSR count). The van der Waals surface area contributed by atoms with Crippen LogP contribution in [0.5, 0.6) is 0 Å². The van der Waals surface area contributed by atoms with Crippen LogP contribution in [0.1, 0.15) is 67.4 Å². The molecule has 0 aliphatic rings. The van der Waals surface area contributed by atoms with E-state index in [-0.39, 0.29) is 11.6 Å². The first-order chi connectivity index (χ1) is 11.6. The second kappa shape index (κ2) is 7.05. The molecule has 0 aliphatic carbocycles. The minimum Gasteiger partial charge on any atom is -0.451 e. The van der Waals surface area contributed by atoms with Gasteiger partial charge in [0, 0.05) is 11.3 Å². The zero-order valence-corrected chi connectivity index (χ0v) is 15.4. The predicted octanol–water partition coefficient (Wildman–Crippen LogP) is 3.88. The summed E-state index contributed by atoms with van der Waals surface area (Å²) in [5.74, 6) is -0.994. The van der Waals surface area contributed by atoms with Gasteiger partial charge in [-0.05, 0) is 64.3 Å². The maximum absolute atomic E-state index is 12.7. The summed E-state index contributed by atoms with van der Waals surface area (Å²) in [7, 11) is 0. The summed E-state index contributed by atoms with van der Waals surface area (Å²) < 4.78 is 5.36. The standard InChI is InChI=1S/C20H23NO4/c1-10-8-7-9-16(11(10)2)20(24)25-15(6)19(23)18-12(3)17(14(5)22)13(4)21-18/h7-9,15,21H,1-6H3/t15-/m1/s1. The van der Waals surface area contributed by atoms with Gasteiger partial charge < -0.3 is 9.72 Å². The molecule has 0 bridgehead atoms. The van der Waals surface area contributed by atoms with E-state index in [4.69, 9.17) is 4.74 Å². The number of carbonyl (C=O) groups excluding carboxylic acids is 3. The highest BCUT2D eigenvalue weighted by molar-refractivity contribution is 6.05. The molecule has 1 aromatic carbocycles. The highest BCUT2D eigenvalue weighted by atomic mass is 16.5. The number of aromatic amines is 1. The van der Waals surface area contributed by atoms with E-state index in [9.17, 15) is 14.4 Å². The molecule has 1 heterocycles. The second-order valence-corrected chi connectivity index (χ2v) is 6.34. The van der Waals surface area contributed by atoms with E-state index in [0.717, 1.165) is 11.1 Å². The SMILES string of the molecule is CC(=O)c1c(C)[nH]c(C(=O)[C@@H](C)OC(=O)c2cccc(C)c2C)c1C. The lowest BCUT2D eigenvalue weighted by Crippen LogP contribution is -2.25. The van der Waals surface area contributed by atoms with Gasteiger partial charge in [0.15, 0.2) is 11.9 Å². The van der Waals surface area contributed by atoms with E-state index in [0.29, 0.717) is 28.1 Å². The number of H-pyrrole nitrogens is 1. The van der Waals surface area contributed by atoms with Crippen LogP contribution in [-0.4, -0.2) is 28.6 Å². The fraction of sp³-hybridized carbons (Fsp3) is 0.350. The molecule has 1 aromatic heterocycles. The monoisotopic (exact) mass is 341 g/mol. The van der Waals surface area contributed by atoms with E-state index in [2.05, 4.69) is 4.98 Å². The Labute approximate surface area is 147 Å². The molecule has 132 valence electrons. The van der Waals surface area contributed by atoms with Crippen LogP contribution >= 0.6 is 0 Å². The van der Waals surface area contributed by atoms with Crippen molar-refractivity contribution < 1.29 is 19.1 Å². The molecular formula is C20H23NO4. The Kier molecular flexibility index (Phi) is 5.26. The van der Waals surface area contributed by atoms with Crippen molar-refractivity contribution in [2.75, 3.05) is 0 Å². The molecule has 0 saturated carbocycles. The molecule has 5 heteroatoms. The Morgan fingerprint density at radius 1 is 1.04 bits per heavy atom. The molecule has 2 aromatic rings. The number of rotatable bonds is 5. The van der Waals surface area contributed by atoms with Crippen molar-refractivity contribution in [3.63, 3.8) is 0 Å². The average molecular weight is 341 g/mol. The summed E-state index contributed by atoms with van der Waals surface area (Å²) in [6.07, 6.45) is -0.955. The summed E-state index contributed by atoms with van der Waals surface area (Å²) in [5.41, 5.74) is 4.31. The van der Waals surface area contributed by atoms with Crippen molar-refractivity contribution >= 4 is 17.5 Å². The summed E-state index contributed by atoms with van der Waals surface area (Å²) >= 11 is 0. The lowest BCUT2D eigenvalue weighted by molar-refractivity contribution is 0.0316. The van der Waals surface area contributed by atoms with Crippen molar-refractivity contribution in [1.82, 2.24) is 4.98 Å². The summed E-state index contributed by atoms with van der Waals surface area (Å²) in [4.78, 5) is 39.7. The molecule has 0 saturated heterocycles. The maximum atomic E-state index is 12.7. The Morgan fingerprint density at radius 3 is 2.24 bits per heavy atom. The molecule has 5 nitrogen and oxygen atoms in total. The van der Waals surface area contributed by atoms with Crippen LogP contribution in [0, 0.1) is 27.7 Å². The van der Waals surface area contributed by atoms with Crippen LogP contribution in [0.15, 0.2) is 18.2 Å². The minimum atomic E-state index is -0.955. The lowest BCUT2D eigenvalue weighted by atomic mass is 10.0. The molecule has 0 aliphatic heterocycles. The number of aryl methyl sites for hydroxylation is 2. The van der Waals surface area contributed by atoms with Gasteiger partial charge in [-0.25, -0.2) is 4.79 Å². The van der Waals surface area contributed by atoms with Crippen molar-refractivity contribution in [2.24, 2.45) is 0 Å². The van der Waals surface area contributed by atoms with Crippen LogP contribution in [0.25, 0.3) is 0 Å². The van der Waals surface area contributed by atoms with Crippen molar-refractivity contribution in [3.8, 4) is 0 Å². The molecule has 0 unspecified atom stereocenters. The first kappa shape index (κ1) is 18.6. The summed E-state index contributed by atoms with van der Waals surface area (Å²) in [6.45, 7) is 10.2. The molecule has 0 spiro atoms. The Balaban J connectivity index is 2.24. The predicted molar refractivity (Wildman–Crippen MR) is 95.4 cm³/mol. The highest BCUT2D eigenvalue weighted by Crippen LogP contribution is 2.21. The molecule has 0 amide bonds. The largest absolute Gasteiger partial charge is 0.451 e. The number of nitrogens with one attached hydrogen (secondary N) is 1. The van der Waals surface area contributed by atoms with E-state index in [1.54, 1.807) is 26.0 Å². The van der Waals surface area contributed by atoms with Crippen LogP contribution in [-0.2, 0) is 4.74 Å². The molecular weight excluding hydrogens is 318 g/mol. The number of ether oxygens (including phenoxy) is 1. The van der Waals surface area contributed by atoms with Crippen molar-refractivity contribution in [3.05, 3.63) is 57.4 Å². The van der Waals surface area contributed by atoms with Gasteiger partial charge in [0.25, 0.3) is 0 Å². The normalized spacial score (nSPS) is 11.9. The number of hydrogen-bond donors (Lipinski definition) is 1. The Hall–Kier alpha value is -2.69. The summed E-state index contributed by atoms with van der Waals surface area (Å²) in [5, 5.41) is 0. The summed E-state index contributed by atoms with van der Waals surface area (Å²) in [6, 6.07) is 5.37. The topological polar surface area (TPSA) is 76.2 Å². The van der Waals surface area contributed by atoms with E-state index in [1.165, 1.54) is 13.8 Å². The smallest absolute Gasteiger partial charge is 0.339 e. The molecule has 1 N–H and O–H groups in total. The van der Waals surface area contributed by atoms with Gasteiger partial charge >= 0.3 is 5.97 Å². The average Bonchev–Trinajstić information content (AvgIpc) is 2.83. The van der Waals surface area contributed by atoms with E-state index >= 15 is 0 Å². The highest BCUT2D eigenvalue weighted by Gasteiger charge is 2.26. The van der Waals surface area contributed by atoms with Gasteiger partial charge in [-0.1, -0.05) is 12.1 Å². The lowest BCUT2D eigenvalue weighted by Gasteiger charge is -2.14. The van der Waals surface area contributed by atoms with Gasteiger partial charge in [-0.2, -0.15) is 0 Å². The van der Waals surface area contributed by atoms with Crippen LogP contribution in [0.3, 0.4) is 0 Å². The van der Waals surface area contributed by atoms with Crippen LogP contribution in [0.4, 0.5) is 0 Å². The van der Waals surface area contributed by atoms with Crippen molar-refractivity contribution in [1.29, 1.82) is 0 Å². The Bertz CT molecular complexity index is 861. The fourth-order valence-electron chi connectivity index (χ4n) is 2.98. The van der Waals surface area contributed by atoms with Gasteiger partial charge in [0.05, 0.1) is 11.3 Å². The number of ketones is 2. The first-order valence-electron chi connectivity index (χ1n) is 8.16. The van der Waals surface area contributed by atoms with Gasteiger partial charge in [0.2, 0.25) is 5.78 Å². The van der Waals surface area contributed by atoms with E-state index in [1.807, 2.05) is 19.9 Å². The van der Waals surface area contributed by atoms with Crippen molar-refractivity contribution in [2.45, 2.75) is 47.6 Å². The third kappa shape index (κ3) is 3.55. The molecule has 1 atom stereocenters. The zero-order chi connectivity index (χ0) is 18.9. The molecule has 0 radical (unpaired) electrons.